The second-order valence-corrected chi connectivity index (χ2v) is 6.13. The number of carbonyl (C=O) groups excluding carboxylic acids is 1. The fourth-order valence-electron chi connectivity index (χ4n) is 2.85. The summed E-state index contributed by atoms with van der Waals surface area (Å²) in [7, 11) is 0. The number of ketones is 1. The minimum atomic E-state index is -0.102. The maximum absolute atomic E-state index is 11.5. The van der Waals surface area contributed by atoms with E-state index >= 15 is 0 Å². The molecule has 5 nitrogen and oxygen atoms in total. The molecule has 1 aliphatic rings. The SMILES string of the molecule is CC(=O)CC1CC(C#N)=NN1c1ccc(Oc2ccccc2C)cc1. The van der Waals surface area contributed by atoms with Crippen molar-refractivity contribution < 1.29 is 9.53 Å². The number of Topliss-reactive ketones (excluding diaryl/α,β-unsaturated/α-hetero) is 1. The molecule has 126 valence electrons. The van der Waals surface area contributed by atoms with Crippen molar-refractivity contribution in [3.8, 4) is 17.6 Å². The molecule has 0 bridgehead atoms. The van der Waals surface area contributed by atoms with E-state index in [0.29, 0.717) is 18.6 Å². The molecule has 1 heterocycles. The molecule has 3 rings (SSSR count). The van der Waals surface area contributed by atoms with E-state index in [1.165, 1.54) is 0 Å². The number of hydrazone groups is 1. The van der Waals surface area contributed by atoms with Crippen LogP contribution in [-0.4, -0.2) is 17.5 Å². The summed E-state index contributed by atoms with van der Waals surface area (Å²) in [5.41, 5.74) is 2.36. The van der Waals surface area contributed by atoms with Crippen LogP contribution in [0.2, 0.25) is 0 Å². The predicted octanol–water partition coefficient (Wildman–Crippen LogP) is 4.22. The number of nitrogens with zero attached hydrogens (tertiary/aromatic N) is 3. The van der Waals surface area contributed by atoms with Crippen LogP contribution in [0.4, 0.5) is 5.69 Å². The lowest BCUT2D eigenvalue weighted by atomic mass is 10.1. The van der Waals surface area contributed by atoms with Gasteiger partial charge < -0.3 is 4.74 Å². The van der Waals surface area contributed by atoms with E-state index in [1.807, 2.05) is 55.5 Å². The Morgan fingerprint density at radius 2 is 2.00 bits per heavy atom. The monoisotopic (exact) mass is 333 g/mol. The average Bonchev–Trinajstić information content (AvgIpc) is 3.00. The van der Waals surface area contributed by atoms with Crippen LogP contribution in [-0.2, 0) is 4.79 Å². The molecule has 0 aromatic heterocycles. The van der Waals surface area contributed by atoms with Gasteiger partial charge in [0.2, 0.25) is 0 Å². The standard InChI is InChI=1S/C20H19N3O2/c1-14-5-3-4-6-20(14)25-19-9-7-17(8-10-19)23-18(11-15(2)24)12-16(13-21)22-23/h3-10,18H,11-12H2,1-2H3. The number of nitriles is 1. The molecule has 2 aromatic rings. The summed E-state index contributed by atoms with van der Waals surface area (Å²) < 4.78 is 5.90. The zero-order chi connectivity index (χ0) is 17.8. The maximum Gasteiger partial charge on any atom is 0.140 e. The van der Waals surface area contributed by atoms with E-state index in [0.717, 1.165) is 22.7 Å². The third kappa shape index (κ3) is 3.86. The van der Waals surface area contributed by atoms with Gasteiger partial charge in [0, 0.05) is 12.8 Å². The fourth-order valence-corrected chi connectivity index (χ4v) is 2.85. The Morgan fingerprint density at radius 1 is 1.28 bits per heavy atom. The highest BCUT2D eigenvalue weighted by Crippen LogP contribution is 2.30. The Bertz CT molecular complexity index is 850. The first kappa shape index (κ1) is 16.7. The van der Waals surface area contributed by atoms with Crippen molar-refractivity contribution in [2.45, 2.75) is 32.7 Å². The van der Waals surface area contributed by atoms with Crippen LogP contribution in [0.5, 0.6) is 11.5 Å². The second-order valence-electron chi connectivity index (χ2n) is 6.13. The first-order valence-corrected chi connectivity index (χ1v) is 8.16. The van der Waals surface area contributed by atoms with Gasteiger partial charge in [0.1, 0.15) is 29.1 Å². The molecule has 0 saturated carbocycles. The van der Waals surface area contributed by atoms with E-state index in [2.05, 4.69) is 11.2 Å². The summed E-state index contributed by atoms with van der Waals surface area (Å²) in [5.74, 6) is 1.63. The normalized spacial score (nSPS) is 16.3. The summed E-state index contributed by atoms with van der Waals surface area (Å²) in [5, 5.41) is 15.2. The topological polar surface area (TPSA) is 65.7 Å². The highest BCUT2D eigenvalue weighted by molar-refractivity contribution is 6.01. The van der Waals surface area contributed by atoms with Gasteiger partial charge >= 0.3 is 0 Å². The van der Waals surface area contributed by atoms with Crippen molar-refractivity contribution in [1.29, 1.82) is 5.26 Å². The van der Waals surface area contributed by atoms with Crippen LogP contribution in [0, 0.1) is 18.3 Å². The smallest absolute Gasteiger partial charge is 0.140 e. The lowest BCUT2D eigenvalue weighted by molar-refractivity contribution is -0.117. The molecule has 0 spiro atoms. The quantitative estimate of drug-likeness (QED) is 0.821. The van der Waals surface area contributed by atoms with E-state index < -0.39 is 0 Å². The van der Waals surface area contributed by atoms with Gasteiger partial charge in [-0.3, -0.25) is 9.80 Å². The molecule has 1 unspecified atom stereocenters. The van der Waals surface area contributed by atoms with Crippen molar-refractivity contribution in [1.82, 2.24) is 0 Å². The molecule has 0 aliphatic carbocycles. The predicted molar refractivity (Wildman–Crippen MR) is 96.9 cm³/mol. The molecule has 0 saturated heterocycles. The van der Waals surface area contributed by atoms with Crippen LogP contribution in [0.15, 0.2) is 53.6 Å². The van der Waals surface area contributed by atoms with E-state index in [1.54, 1.807) is 11.9 Å². The number of aryl methyl sites for hydroxylation is 1. The molecule has 0 N–H and O–H groups in total. The third-order valence-electron chi connectivity index (χ3n) is 4.08. The van der Waals surface area contributed by atoms with Crippen molar-refractivity contribution in [3.63, 3.8) is 0 Å². The van der Waals surface area contributed by atoms with Crippen LogP contribution in [0.25, 0.3) is 0 Å². The van der Waals surface area contributed by atoms with Crippen LogP contribution >= 0.6 is 0 Å². The van der Waals surface area contributed by atoms with Crippen LogP contribution in [0.1, 0.15) is 25.3 Å². The van der Waals surface area contributed by atoms with Gasteiger partial charge in [0.15, 0.2) is 0 Å². The molecule has 1 atom stereocenters. The number of anilines is 1. The third-order valence-corrected chi connectivity index (χ3v) is 4.08. The molecule has 25 heavy (non-hydrogen) atoms. The van der Waals surface area contributed by atoms with E-state index in [9.17, 15) is 4.79 Å². The Morgan fingerprint density at radius 3 is 2.64 bits per heavy atom. The van der Waals surface area contributed by atoms with Crippen LogP contribution < -0.4 is 9.75 Å². The number of hydrogen-bond acceptors (Lipinski definition) is 5. The first-order chi connectivity index (χ1) is 12.1. The number of ether oxygens (including phenoxy) is 1. The zero-order valence-electron chi connectivity index (χ0n) is 14.3. The Hall–Kier alpha value is -3.13. The molecule has 5 heteroatoms. The van der Waals surface area contributed by atoms with E-state index in [4.69, 9.17) is 10.00 Å². The molecule has 0 radical (unpaired) electrons. The average molecular weight is 333 g/mol. The largest absolute Gasteiger partial charge is 0.457 e. The minimum absolute atomic E-state index is 0.0869. The second kappa shape index (κ2) is 7.18. The van der Waals surface area contributed by atoms with Crippen molar-refractivity contribution >= 4 is 17.2 Å². The Kier molecular flexibility index (Phi) is 4.80. The van der Waals surface area contributed by atoms with Gasteiger partial charge in [0.25, 0.3) is 0 Å². The summed E-state index contributed by atoms with van der Waals surface area (Å²) in [6, 6.07) is 17.3. The first-order valence-electron chi connectivity index (χ1n) is 8.16. The number of hydrogen-bond donors (Lipinski definition) is 0. The van der Waals surface area contributed by atoms with Gasteiger partial charge in [-0.05, 0) is 49.7 Å². The molecular weight excluding hydrogens is 314 g/mol. The summed E-state index contributed by atoms with van der Waals surface area (Å²) in [6.45, 7) is 3.56. The maximum atomic E-state index is 11.5. The highest BCUT2D eigenvalue weighted by atomic mass is 16.5. The lowest BCUT2D eigenvalue weighted by Gasteiger charge is -2.22. The summed E-state index contributed by atoms with van der Waals surface area (Å²) >= 11 is 0. The molecule has 0 amide bonds. The fraction of sp³-hybridized carbons (Fsp3) is 0.250. The summed E-state index contributed by atoms with van der Waals surface area (Å²) in [6.07, 6.45) is 0.869. The number of rotatable bonds is 5. The van der Waals surface area contributed by atoms with E-state index in [-0.39, 0.29) is 11.8 Å². The van der Waals surface area contributed by atoms with Gasteiger partial charge in [-0.15, -0.1) is 0 Å². The zero-order valence-corrected chi connectivity index (χ0v) is 14.3. The van der Waals surface area contributed by atoms with Crippen molar-refractivity contribution in [3.05, 3.63) is 54.1 Å². The molecule has 1 aliphatic heterocycles. The van der Waals surface area contributed by atoms with Crippen molar-refractivity contribution in [2.24, 2.45) is 5.10 Å². The number of benzene rings is 2. The molecular formula is C20H19N3O2. The van der Waals surface area contributed by atoms with Gasteiger partial charge in [-0.25, -0.2) is 0 Å². The number of para-hydroxylation sites is 1. The highest BCUT2D eigenvalue weighted by Gasteiger charge is 2.28. The Labute approximate surface area is 147 Å². The number of carbonyl (C=O) groups is 1. The lowest BCUT2D eigenvalue weighted by Crippen LogP contribution is -2.28. The van der Waals surface area contributed by atoms with Gasteiger partial charge in [-0.2, -0.15) is 10.4 Å². The van der Waals surface area contributed by atoms with Gasteiger partial charge in [0.05, 0.1) is 11.7 Å². The minimum Gasteiger partial charge on any atom is -0.457 e. The Balaban J connectivity index is 1.79. The summed E-state index contributed by atoms with van der Waals surface area (Å²) in [4.78, 5) is 11.5. The van der Waals surface area contributed by atoms with Crippen molar-refractivity contribution in [2.75, 3.05) is 5.01 Å². The molecule has 0 fully saturated rings. The van der Waals surface area contributed by atoms with Crippen LogP contribution in [0.3, 0.4) is 0 Å². The van der Waals surface area contributed by atoms with Gasteiger partial charge in [-0.1, -0.05) is 18.2 Å². The molecule has 2 aromatic carbocycles.